The molecular weight excluding hydrogens is 308 g/mol. The molecule has 0 spiro atoms. The zero-order valence-corrected chi connectivity index (χ0v) is 14.3. The third kappa shape index (κ3) is 5.78. The quantitative estimate of drug-likeness (QED) is 0.694. The van der Waals surface area contributed by atoms with Crippen molar-refractivity contribution >= 4 is 17.2 Å². The largest absolute Gasteiger partial charge is 0.386 e. The SMILES string of the molecule is CNCCCC(=O)N(Cc1ccccc1)CC(O)c1cccs1. The number of carbonyl (C=O) groups excluding carboxylic acids is 1. The van der Waals surface area contributed by atoms with E-state index in [2.05, 4.69) is 5.32 Å². The van der Waals surface area contributed by atoms with Gasteiger partial charge < -0.3 is 15.3 Å². The predicted molar refractivity (Wildman–Crippen MR) is 94.3 cm³/mol. The van der Waals surface area contributed by atoms with Gasteiger partial charge >= 0.3 is 0 Å². The van der Waals surface area contributed by atoms with Gasteiger partial charge in [0.05, 0.1) is 6.54 Å². The van der Waals surface area contributed by atoms with Gasteiger partial charge in [-0.1, -0.05) is 36.4 Å². The summed E-state index contributed by atoms with van der Waals surface area (Å²) >= 11 is 1.51. The first kappa shape index (κ1) is 17.7. The molecule has 0 fully saturated rings. The van der Waals surface area contributed by atoms with Crippen LogP contribution in [-0.4, -0.2) is 36.1 Å². The van der Waals surface area contributed by atoms with Crippen molar-refractivity contribution in [3.8, 4) is 0 Å². The molecule has 1 atom stereocenters. The van der Waals surface area contributed by atoms with E-state index < -0.39 is 6.10 Å². The molecule has 4 nitrogen and oxygen atoms in total. The summed E-state index contributed by atoms with van der Waals surface area (Å²) in [5.74, 6) is 0.0831. The van der Waals surface area contributed by atoms with Gasteiger partial charge in [-0.15, -0.1) is 11.3 Å². The van der Waals surface area contributed by atoms with Crippen LogP contribution in [-0.2, 0) is 11.3 Å². The zero-order valence-electron chi connectivity index (χ0n) is 13.4. The van der Waals surface area contributed by atoms with E-state index in [-0.39, 0.29) is 5.91 Å². The highest BCUT2D eigenvalue weighted by Crippen LogP contribution is 2.21. The second-order valence-corrected chi connectivity index (χ2v) is 6.48. The molecule has 0 radical (unpaired) electrons. The van der Waals surface area contributed by atoms with Gasteiger partial charge in [-0.05, 0) is 37.0 Å². The molecule has 0 saturated heterocycles. The first-order valence-electron chi connectivity index (χ1n) is 7.88. The number of aliphatic hydroxyl groups is 1. The van der Waals surface area contributed by atoms with E-state index in [0.29, 0.717) is 19.5 Å². The summed E-state index contributed by atoms with van der Waals surface area (Å²) in [4.78, 5) is 15.2. The van der Waals surface area contributed by atoms with Crippen LogP contribution in [0.1, 0.15) is 29.4 Å². The maximum Gasteiger partial charge on any atom is 0.223 e. The van der Waals surface area contributed by atoms with Crippen LogP contribution in [0.25, 0.3) is 0 Å². The summed E-state index contributed by atoms with van der Waals surface area (Å²) in [7, 11) is 1.88. The molecule has 2 rings (SSSR count). The van der Waals surface area contributed by atoms with Crippen molar-refractivity contribution in [2.75, 3.05) is 20.1 Å². The Kier molecular flexibility index (Phi) is 7.26. The second kappa shape index (κ2) is 9.45. The van der Waals surface area contributed by atoms with E-state index in [1.807, 2.05) is 54.9 Å². The van der Waals surface area contributed by atoms with Crippen molar-refractivity contribution in [2.45, 2.75) is 25.5 Å². The number of rotatable bonds is 9. The fourth-order valence-electron chi connectivity index (χ4n) is 2.41. The van der Waals surface area contributed by atoms with E-state index in [0.717, 1.165) is 23.4 Å². The van der Waals surface area contributed by atoms with E-state index in [9.17, 15) is 9.90 Å². The molecule has 124 valence electrons. The second-order valence-electron chi connectivity index (χ2n) is 5.50. The van der Waals surface area contributed by atoms with Crippen LogP contribution in [0.15, 0.2) is 47.8 Å². The number of thiophene rings is 1. The van der Waals surface area contributed by atoms with Gasteiger partial charge in [0.15, 0.2) is 0 Å². The minimum atomic E-state index is -0.632. The van der Waals surface area contributed by atoms with Crippen LogP contribution >= 0.6 is 11.3 Å². The number of aliphatic hydroxyl groups excluding tert-OH is 1. The van der Waals surface area contributed by atoms with Crippen molar-refractivity contribution in [2.24, 2.45) is 0 Å². The van der Waals surface area contributed by atoms with Crippen molar-refractivity contribution in [1.82, 2.24) is 10.2 Å². The monoisotopic (exact) mass is 332 g/mol. The Morgan fingerprint density at radius 2 is 2.04 bits per heavy atom. The predicted octanol–water partition coefficient (Wildman–Crippen LogP) is 2.81. The molecule has 23 heavy (non-hydrogen) atoms. The highest BCUT2D eigenvalue weighted by Gasteiger charge is 2.19. The van der Waals surface area contributed by atoms with Gasteiger partial charge in [-0.2, -0.15) is 0 Å². The number of hydrogen-bond acceptors (Lipinski definition) is 4. The number of carbonyl (C=O) groups is 1. The number of nitrogens with one attached hydrogen (secondary N) is 1. The summed E-state index contributed by atoms with van der Waals surface area (Å²) in [6.45, 7) is 1.67. The lowest BCUT2D eigenvalue weighted by atomic mass is 10.1. The number of nitrogens with zero attached hydrogens (tertiary/aromatic N) is 1. The Morgan fingerprint density at radius 3 is 2.70 bits per heavy atom. The number of hydrogen-bond donors (Lipinski definition) is 2. The average molecular weight is 332 g/mol. The lowest BCUT2D eigenvalue weighted by molar-refractivity contribution is -0.133. The molecule has 1 heterocycles. The van der Waals surface area contributed by atoms with Crippen molar-refractivity contribution in [3.05, 3.63) is 58.3 Å². The van der Waals surface area contributed by atoms with Crippen LogP contribution in [0.3, 0.4) is 0 Å². The van der Waals surface area contributed by atoms with E-state index >= 15 is 0 Å². The Balaban J connectivity index is 2.02. The molecule has 0 aliphatic heterocycles. The van der Waals surface area contributed by atoms with Gasteiger partial charge in [-0.3, -0.25) is 4.79 Å². The highest BCUT2D eigenvalue weighted by molar-refractivity contribution is 7.10. The lowest BCUT2D eigenvalue weighted by Crippen LogP contribution is -2.34. The fraction of sp³-hybridized carbons (Fsp3) is 0.389. The molecule has 2 aromatic rings. The van der Waals surface area contributed by atoms with Crippen molar-refractivity contribution in [3.63, 3.8) is 0 Å². The van der Waals surface area contributed by atoms with Crippen LogP contribution in [0.2, 0.25) is 0 Å². The maximum atomic E-state index is 12.5. The third-order valence-electron chi connectivity index (χ3n) is 3.65. The van der Waals surface area contributed by atoms with Gasteiger partial charge in [-0.25, -0.2) is 0 Å². The molecule has 0 aliphatic rings. The Labute approximate surface area is 141 Å². The van der Waals surface area contributed by atoms with E-state index in [1.165, 1.54) is 11.3 Å². The normalized spacial score (nSPS) is 12.1. The zero-order chi connectivity index (χ0) is 16.5. The summed E-state index contributed by atoms with van der Waals surface area (Å²) in [5.41, 5.74) is 1.08. The van der Waals surface area contributed by atoms with Crippen LogP contribution in [0.4, 0.5) is 0 Å². The van der Waals surface area contributed by atoms with Gasteiger partial charge in [0, 0.05) is 17.8 Å². The minimum absolute atomic E-state index is 0.0831. The van der Waals surface area contributed by atoms with Crippen LogP contribution in [0.5, 0.6) is 0 Å². The molecule has 0 bridgehead atoms. The Hall–Kier alpha value is -1.69. The molecule has 1 amide bonds. The average Bonchev–Trinajstić information content (AvgIpc) is 3.10. The Morgan fingerprint density at radius 1 is 1.26 bits per heavy atom. The van der Waals surface area contributed by atoms with Gasteiger partial charge in [0.2, 0.25) is 5.91 Å². The van der Waals surface area contributed by atoms with Gasteiger partial charge in [0.1, 0.15) is 6.10 Å². The number of amides is 1. The summed E-state index contributed by atoms with van der Waals surface area (Å²) in [6.07, 6.45) is 0.660. The van der Waals surface area contributed by atoms with E-state index in [4.69, 9.17) is 0 Å². The molecule has 1 unspecified atom stereocenters. The first-order chi connectivity index (χ1) is 11.2. The topological polar surface area (TPSA) is 52.6 Å². The molecule has 1 aromatic carbocycles. The van der Waals surface area contributed by atoms with Gasteiger partial charge in [0.25, 0.3) is 0 Å². The summed E-state index contributed by atoms with van der Waals surface area (Å²) in [6, 6.07) is 13.7. The molecule has 0 saturated carbocycles. The van der Waals surface area contributed by atoms with E-state index in [1.54, 1.807) is 4.90 Å². The summed E-state index contributed by atoms with van der Waals surface area (Å²) in [5, 5.41) is 15.4. The van der Waals surface area contributed by atoms with Crippen LogP contribution in [0, 0.1) is 0 Å². The van der Waals surface area contributed by atoms with Crippen molar-refractivity contribution < 1.29 is 9.90 Å². The minimum Gasteiger partial charge on any atom is -0.386 e. The van der Waals surface area contributed by atoms with Crippen molar-refractivity contribution in [1.29, 1.82) is 0 Å². The maximum absolute atomic E-state index is 12.5. The lowest BCUT2D eigenvalue weighted by Gasteiger charge is -2.25. The molecule has 1 aromatic heterocycles. The smallest absolute Gasteiger partial charge is 0.223 e. The van der Waals surface area contributed by atoms with Crippen LogP contribution < -0.4 is 5.32 Å². The fourth-order valence-corrected chi connectivity index (χ4v) is 3.12. The standard InChI is InChI=1S/C18H24N2O2S/c1-19-11-5-10-18(22)20(13-15-7-3-2-4-8-15)14-16(21)17-9-6-12-23-17/h2-4,6-9,12,16,19,21H,5,10-11,13-14H2,1H3. The molecule has 0 aliphatic carbocycles. The first-order valence-corrected chi connectivity index (χ1v) is 8.76. The Bertz CT molecular complexity index is 572. The molecule has 2 N–H and O–H groups in total. The number of benzene rings is 1. The highest BCUT2D eigenvalue weighted by atomic mass is 32.1. The molecule has 5 heteroatoms. The third-order valence-corrected chi connectivity index (χ3v) is 4.62. The summed E-state index contributed by atoms with van der Waals surface area (Å²) < 4.78 is 0. The molecular formula is C18H24N2O2S.